The van der Waals surface area contributed by atoms with E-state index in [1.807, 2.05) is 18.2 Å². The van der Waals surface area contributed by atoms with Gasteiger partial charge in [0.05, 0.1) is 13.5 Å². The minimum absolute atomic E-state index is 0.480. The predicted molar refractivity (Wildman–Crippen MR) is 239 cm³/mol. The molecular formula is C53H41N3Si. The first-order valence-corrected chi connectivity index (χ1v) is 23.2. The van der Waals surface area contributed by atoms with Crippen LogP contribution in [0.4, 0.5) is 0 Å². The van der Waals surface area contributed by atoms with Crippen molar-refractivity contribution in [3.05, 3.63) is 216 Å². The van der Waals surface area contributed by atoms with Crippen LogP contribution < -0.4 is 5.19 Å². The van der Waals surface area contributed by atoms with Crippen LogP contribution in [0.2, 0.25) is 19.6 Å². The summed E-state index contributed by atoms with van der Waals surface area (Å²) < 4.78 is 0. The van der Waals surface area contributed by atoms with Gasteiger partial charge in [-0.05, 0) is 73.5 Å². The number of hydrogen-bond acceptors (Lipinski definition) is 3. The van der Waals surface area contributed by atoms with E-state index in [1.165, 1.54) is 44.0 Å². The molecule has 0 spiro atoms. The topological polar surface area (TPSA) is 38.7 Å². The van der Waals surface area contributed by atoms with Gasteiger partial charge in [0, 0.05) is 16.7 Å². The van der Waals surface area contributed by atoms with Crippen molar-refractivity contribution in [1.82, 2.24) is 15.0 Å². The number of aromatic nitrogens is 3. The Kier molecular flexibility index (Phi) is 8.39. The van der Waals surface area contributed by atoms with Gasteiger partial charge in [-0.3, -0.25) is 0 Å². The fourth-order valence-corrected chi connectivity index (χ4v) is 9.82. The molecule has 0 aliphatic heterocycles. The fourth-order valence-electron chi connectivity index (χ4n) is 8.66. The van der Waals surface area contributed by atoms with Crippen LogP contribution in [0.1, 0.15) is 22.3 Å². The van der Waals surface area contributed by atoms with Crippen molar-refractivity contribution in [2.45, 2.75) is 25.1 Å². The van der Waals surface area contributed by atoms with E-state index in [0.29, 0.717) is 17.5 Å². The molecule has 4 heteroatoms. The summed E-state index contributed by atoms with van der Waals surface area (Å²) in [5.41, 5.74) is 12.4. The van der Waals surface area contributed by atoms with E-state index < -0.39 is 13.5 Å². The third-order valence-electron chi connectivity index (χ3n) is 11.5. The zero-order chi connectivity index (χ0) is 38.6. The molecule has 8 aromatic carbocycles. The van der Waals surface area contributed by atoms with Crippen LogP contribution in [-0.4, -0.2) is 23.0 Å². The van der Waals surface area contributed by atoms with Crippen molar-refractivity contribution < 1.29 is 0 Å². The highest BCUT2D eigenvalue weighted by atomic mass is 28.3. The average molecular weight is 748 g/mol. The Balaban J connectivity index is 1.15. The molecule has 0 bridgehead atoms. The highest BCUT2D eigenvalue weighted by Gasteiger charge is 2.46. The Morgan fingerprint density at radius 1 is 0.351 bits per heavy atom. The molecule has 1 aromatic heterocycles. The van der Waals surface area contributed by atoms with Crippen LogP contribution >= 0.6 is 0 Å². The van der Waals surface area contributed by atoms with Gasteiger partial charge < -0.3 is 0 Å². The number of benzene rings is 8. The van der Waals surface area contributed by atoms with Crippen LogP contribution in [-0.2, 0) is 5.41 Å². The standard InChI is InChI=1S/C53H41N3Si/c1-57(2,3)45-29-31-48-47(35-45)46-30-28-40(34-49(46)53(48,43-22-9-5-10-23-43)44-24-11-6-12-25-44)39-20-15-21-41(33-39)51-54-50(37-17-7-4-8-18-37)55-52(56-51)42-27-26-36-16-13-14-19-38(36)32-42/h4-35H,1-3H3. The maximum Gasteiger partial charge on any atom is 0.164 e. The van der Waals surface area contributed by atoms with Gasteiger partial charge in [-0.2, -0.15) is 0 Å². The molecule has 272 valence electrons. The van der Waals surface area contributed by atoms with Crippen molar-refractivity contribution in [2.75, 3.05) is 0 Å². The fraction of sp³-hybridized carbons (Fsp3) is 0.0755. The first-order chi connectivity index (χ1) is 27.9. The Morgan fingerprint density at radius 3 is 1.54 bits per heavy atom. The van der Waals surface area contributed by atoms with Crippen molar-refractivity contribution in [3.63, 3.8) is 0 Å². The summed E-state index contributed by atoms with van der Waals surface area (Å²) in [4.78, 5) is 15.3. The molecule has 0 fully saturated rings. The van der Waals surface area contributed by atoms with Crippen molar-refractivity contribution >= 4 is 24.0 Å². The van der Waals surface area contributed by atoms with E-state index in [1.54, 1.807) is 0 Å². The lowest BCUT2D eigenvalue weighted by Crippen LogP contribution is -2.38. The van der Waals surface area contributed by atoms with E-state index in [0.717, 1.165) is 33.2 Å². The van der Waals surface area contributed by atoms with Gasteiger partial charge in [0.1, 0.15) is 0 Å². The zero-order valence-electron chi connectivity index (χ0n) is 32.3. The highest BCUT2D eigenvalue weighted by molar-refractivity contribution is 6.88. The summed E-state index contributed by atoms with van der Waals surface area (Å²) in [5, 5.41) is 3.80. The Hall–Kier alpha value is -6.75. The van der Waals surface area contributed by atoms with Crippen LogP contribution in [0.3, 0.4) is 0 Å². The second-order valence-corrected chi connectivity index (χ2v) is 21.1. The molecule has 0 unspecified atom stereocenters. The molecule has 0 saturated heterocycles. The molecule has 1 aliphatic rings. The summed E-state index contributed by atoms with van der Waals surface area (Å²) in [6.45, 7) is 7.30. The van der Waals surface area contributed by atoms with E-state index in [-0.39, 0.29) is 0 Å². The van der Waals surface area contributed by atoms with Crippen LogP contribution in [0.5, 0.6) is 0 Å². The average Bonchev–Trinajstić information content (AvgIpc) is 3.56. The number of nitrogens with zero attached hydrogens (tertiary/aromatic N) is 3. The predicted octanol–water partition coefficient (Wildman–Crippen LogP) is 12.6. The van der Waals surface area contributed by atoms with Gasteiger partial charge in [0.25, 0.3) is 0 Å². The van der Waals surface area contributed by atoms with Gasteiger partial charge in [-0.1, -0.05) is 201 Å². The van der Waals surface area contributed by atoms with Gasteiger partial charge in [0.15, 0.2) is 17.5 Å². The van der Waals surface area contributed by atoms with Gasteiger partial charge in [-0.25, -0.2) is 15.0 Å². The highest BCUT2D eigenvalue weighted by Crippen LogP contribution is 2.56. The smallest absolute Gasteiger partial charge is 0.164 e. The third-order valence-corrected chi connectivity index (χ3v) is 13.6. The lowest BCUT2D eigenvalue weighted by atomic mass is 9.67. The molecule has 0 saturated carbocycles. The molecule has 1 aliphatic carbocycles. The first-order valence-electron chi connectivity index (χ1n) is 19.7. The maximum absolute atomic E-state index is 5.14. The Bertz CT molecular complexity index is 2890. The second-order valence-electron chi connectivity index (χ2n) is 16.1. The lowest BCUT2D eigenvalue weighted by Gasteiger charge is -2.34. The van der Waals surface area contributed by atoms with Crippen LogP contribution in [0.25, 0.3) is 67.2 Å². The number of fused-ring (bicyclic) bond motifs is 4. The monoisotopic (exact) mass is 747 g/mol. The number of rotatable bonds is 7. The largest absolute Gasteiger partial charge is 0.208 e. The second kappa shape index (κ2) is 13.8. The molecule has 1 heterocycles. The minimum Gasteiger partial charge on any atom is -0.208 e. The summed E-state index contributed by atoms with van der Waals surface area (Å²) in [7, 11) is -1.58. The summed E-state index contributed by atoms with van der Waals surface area (Å²) in [6, 6.07) is 70.1. The molecule has 0 radical (unpaired) electrons. The Labute approximate surface area is 335 Å². The van der Waals surface area contributed by atoms with Crippen molar-refractivity contribution in [2.24, 2.45) is 0 Å². The summed E-state index contributed by atoms with van der Waals surface area (Å²) >= 11 is 0. The molecule has 0 atom stereocenters. The minimum atomic E-state index is -1.58. The first kappa shape index (κ1) is 34.7. The normalized spacial score (nSPS) is 13.0. The van der Waals surface area contributed by atoms with Crippen LogP contribution in [0, 0.1) is 0 Å². The van der Waals surface area contributed by atoms with Crippen LogP contribution in [0.15, 0.2) is 194 Å². The SMILES string of the molecule is C[Si](C)(C)c1ccc2c(c1)-c1ccc(-c3cccc(-c4nc(-c5ccccc5)nc(-c5ccc6ccccc6c5)n4)c3)cc1C2(c1ccccc1)c1ccccc1. The molecule has 3 nitrogen and oxygen atoms in total. The van der Waals surface area contributed by atoms with E-state index in [2.05, 4.69) is 196 Å². The third kappa shape index (κ3) is 6.01. The maximum atomic E-state index is 5.14. The zero-order valence-corrected chi connectivity index (χ0v) is 33.3. The van der Waals surface area contributed by atoms with Gasteiger partial charge in [-0.15, -0.1) is 0 Å². The lowest BCUT2D eigenvalue weighted by molar-refractivity contribution is 0.769. The van der Waals surface area contributed by atoms with E-state index in [9.17, 15) is 0 Å². The van der Waals surface area contributed by atoms with Crippen molar-refractivity contribution in [3.8, 4) is 56.4 Å². The molecule has 10 rings (SSSR count). The number of hydrogen-bond donors (Lipinski definition) is 0. The van der Waals surface area contributed by atoms with Gasteiger partial charge >= 0.3 is 0 Å². The molecular weight excluding hydrogens is 707 g/mol. The summed E-state index contributed by atoms with van der Waals surface area (Å²) in [6.07, 6.45) is 0. The van der Waals surface area contributed by atoms with Crippen molar-refractivity contribution in [1.29, 1.82) is 0 Å². The molecule has 0 amide bonds. The molecule has 57 heavy (non-hydrogen) atoms. The molecule has 9 aromatic rings. The Morgan fingerprint density at radius 2 is 0.877 bits per heavy atom. The summed E-state index contributed by atoms with van der Waals surface area (Å²) in [5.74, 6) is 1.94. The quantitative estimate of drug-likeness (QED) is 0.152. The molecule has 0 N–H and O–H groups in total. The van der Waals surface area contributed by atoms with Gasteiger partial charge in [0.2, 0.25) is 0 Å². The van der Waals surface area contributed by atoms with E-state index >= 15 is 0 Å². The van der Waals surface area contributed by atoms with E-state index in [4.69, 9.17) is 15.0 Å².